The summed E-state index contributed by atoms with van der Waals surface area (Å²) in [6, 6.07) is 6.52. The van der Waals surface area contributed by atoms with Crippen molar-refractivity contribution < 1.29 is 9.50 Å². The maximum Gasteiger partial charge on any atom is 0.128 e. The average molecular weight is 206 g/mol. The van der Waals surface area contributed by atoms with Gasteiger partial charge in [0.15, 0.2) is 0 Å². The molecule has 0 amide bonds. The first-order valence-corrected chi connectivity index (χ1v) is 4.65. The smallest absolute Gasteiger partial charge is 0.128 e. The first-order chi connectivity index (χ1) is 7.29. The molecule has 0 atom stereocenters. The Labute approximate surface area is 86.8 Å². The van der Waals surface area contributed by atoms with Crippen LogP contribution in [0, 0.1) is 5.82 Å². The van der Waals surface area contributed by atoms with Gasteiger partial charge in [-0.1, -0.05) is 12.1 Å². The summed E-state index contributed by atoms with van der Waals surface area (Å²) in [7, 11) is 0. The van der Waals surface area contributed by atoms with Gasteiger partial charge in [0.05, 0.1) is 13.2 Å². The van der Waals surface area contributed by atoms with Crippen LogP contribution in [0.5, 0.6) is 0 Å². The van der Waals surface area contributed by atoms with E-state index in [9.17, 15) is 4.39 Å². The minimum Gasteiger partial charge on any atom is -0.392 e. The van der Waals surface area contributed by atoms with E-state index < -0.39 is 0 Å². The summed E-state index contributed by atoms with van der Waals surface area (Å²) >= 11 is 0. The lowest BCUT2D eigenvalue weighted by Gasteiger charge is -2.05. The zero-order chi connectivity index (χ0) is 10.7. The van der Waals surface area contributed by atoms with Crippen LogP contribution in [-0.2, 0) is 13.2 Å². The molecule has 4 heteroatoms. The van der Waals surface area contributed by atoms with Crippen LogP contribution in [0.25, 0.3) is 0 Å². The summed E-state index contributed by atoms with van der Waals surface area (Å²) in [4.78, 5) is 0. The molecule has 0 unspecified atom stereocenters. The lowest BCUT2D eigenvalue weighted by Crippen LogP contribution is -2.02. The molecule has 0 aliphatic rings. The monoisotopic (exact) mass is 206 g/mol. The molecule has 78 valence electrons. The third-order valence-electron chi connectivity index (χ3n) is 2.19. The molecule has 1 N–H and O–H groups in total. The predicted octanol–water partition coefficient (Wildman–Crippen LogP) is 1.56. The number of aromatic nitrogens is 2. The molecule has 0 radical (unpaired) electrons. The molecule has 2 aromatic rings. The van der Waals surface area contributed by atoms with Gasteiger partial charge in [-0.25, -0.2) is 4.39 Å². The van der Waals surface area contributed by atoms with Crippen molar-refractivity contribution in [1.29, 1.82) is 0 Å². The number of hydrogen-bond acceptors (Lipinski definition) is 2. The predicted molar refractivity (Wildman–Crippen MR) is 53.7 cm³/mol. The molecule has 0 spiro atoms. The number of halogens is 1. The molecule has 0 saturated carbocycles. The number of hydrogen-bond donors (Lipinski definition) is 1. The van der Waals surface area contributed by atoms with E-state index in [1.807, 2.05) is 0 Å². The summed E-state index contributed by atoms with van der Waals surface area (Å²) in [5.41, 5.74) is 1.15. The Balaban J connectivity index is 2.22. The van der Waals surface area contributed by atoms with Crippen molar-refractivity contribution in [3.05, 3.63) is 53.6 Å². The number of aliphatic hydroxyl groups excluding tert-OH is 1. The lowest BCUT2D eigenvalue weighted by atomic mass is 10.1. The van der Waals surface area contributed by atoms with Gasteiger partial charge in [0.2, 0.25) is 0 Å². The third kappa shape index (κ3) is 2.22. The second-order valence-corrected chi connectivity index (χ2v) is 3.29. The van der Waals surface area contributed by atoms with E-state index in [-0.39, 0.29) is 12.4 Å². The summed E-state index contributed by atoms with van der Waals surface area (Å²) in [5.74, 6) is -0.308. The molecule has 0 bridgehead atoms. The second kappa shape index (κ2) is 4.23. The second-order valence-electron chi connectivity index (χ2n) is 3.29. The zero-order valence-electron chi connectivity index (χ0n) is 8.10. The van der Waals surface area contributed by atoms with Crippen LogP contribution in [0.15, 0.2) is 36.7 Å². The van der Waals surface area contributed by atoms with E-state index in [1.165, 1.54) is 6.07 Å². The van der Waals surface area contributed by atoms with Crippen molar-refractivity contribution in [2.75, 3.05) is 0 Å². The van der Waals surface area contributed by atoms with Gasteiger partial charge in [-0.15, -0.1) is 0 Å². The van der Waals surface area contributed by atoms with Crippen molar-refractivity contribution in [3.8, 4) is 0 Å². The summed E-state index contributed by atoms with van der Waals surface area (Å²) in [6.07, 6.45) is 3.43. The fourth-order valence-electron chi connectivity index (χ4n) is 1.39. The summed E-state index contributed by atoms with van der Waals surface area (Å²) < 4.78 is 15.1. The Morgan fingerprint density at radius 3 is 2.87 bits per heavy atom. The molecule has 2 rings (SSSR count). The highest BCUT2D eigenvalue weighted by Gasteiger charge is 2.03. The lowest BCUT2D eigenvalue weighted by molar-refractivity contribution is 0.281. The van der Waals surface area contributed by atoms with Gasteiger partial charge in [0.25, 0.3) is 0 Å². The Morgan fingerprint density at radius 1 is 1.40 bits per heavy atom. The van der Waals surface area contributed by atoms with Crippen LogP contribution in [-0.4, -0.2) is 14.9 Å². The number of aliphatic hydroxyl groups is 1. The molecule has 0 fully saturated rings. The van der Waals surface area contributed by atoms with E-state index in [0.29, 0.717) is 17.7 Å². The van der Waals surface area contributed by atoms with Crippen molar-refractivity contribution in [3.63, 3.8) is 0 Å². The normalized spacial score (nSPS) is 10.5. The van der Waals surface area contributed by atoms with E-state index in [0.717, 1.165) is 0 Å². The van der Waals surface area contributed by atoms with Crippen LogP contribution in [0.3, 0.4) is 0 Å². The average Bonchev–Trinajstić information content (AvgIpc) is 2.74. The molecule has 0 aliphatic carbocycles. The minimum atomic E-state index is -0.308. The van der Waals surface area contributed by atoms with Gasteiger partial charge < -0.3 is 5.11 Å². The summed E-state index contributed by atoms with van der Waals surface area (Å²) in [5, 5.41) is 12.8. The van der Waals surface area contributed by atoms with Gasteiger partial charge in [0.1, 0.15) is 5.82 Å². The number of rotatable bonds is 3. The Bertz CT molecular complexity index is 440. The highest BCUT2D eigenvalue weighted by atomic mass is 19.1. The molecule has 3 nitrogen and oxygen atoms in total. The van der Waals surface area contributed by atoms with E-state index >= 15 is 0 Å². The van der Waals surface area contributed by atoms with E-state index in [2.05, 4.69) is 5.10 Å². The molecule has 1 aromatic carbocycles. The largest absolute Gasteiger partial charge is 0.392 e. The van der Waals surface area contributed by atoms with Crippen LogP contribution < -0.4 is 0 Å². The first kappa shape index (κ1) is 9.86. The molecule has 15 heavy (non-hydrogen) atoms. The molecule has 1 heterocycles. The Hall–Kier alpha value is -1.68. The highest BCUT2D eigenvalue weighted by Crippen LogP contribution is 2.11. The van der Waals surface area contributed by atoms with Crippen LogP contribution in [0.2, 0.25) is 0 Å². The topological polar surface area (TPSA) is 38.0 Å². The van der Waals surface area contributed by atoms with E-state index in [1.54, 1.807) is 35.3 Å². The molecular formula is C11H11FN2O. The van der Waals surface area contributed by atoms with Crippen molar-refractivity contribution in [1.82, 2.24) is 9.78 Å². The maximum atomic E-state index is 13.5. The molecule has 0 aliphatic heterocycles. The fraction of sp³-hybridized carbons (Fsp3) is 0.182. The number of benzene rings is 1. The summed E-state index contributed by atoms with van der Waals surface area (Å²) in [6.45, 7) is 0.267. The van der Waals surface area contributed by atoms with Gasteiger partial charge >= 0.3 is 0 Å². The van der Waals surface area contributed by atoms with Gasteiger partial charge in [-0.3, -0.25) is 4.68 Å². The molecule has 0 saturated heterocycles. The first-order valence-electron chi connectivity index (χ1n) is 4.65. The third-order valence-corrected chi connectivity index (χ3v) is 2.19. The SMILES string of the molecule is OCc1ccc(Cn2cccn2)c(F)c1. The molecular weight excluding hydrogens is 195 g/mol. The fourth-order valence-corrected chi connectivity index (χ4v) is 1.39. The van der Waals surface area contributed by atoms with Gasteiger partial charge in [-0.05, 0) is 17.7 Å². The Kier molecular flexibility index (Phi) is 2.78. The van der Waals surface area contributed by atoms with Crippen molar-refractivity contribution in [2.45, 2.75) is 13.2 Å². The Morgan fingerprint density at radius 2 is 2.27 bits per heavy atom. The zero-order valence-corrected chi connectivity index (χ0v) is 8.10. The highest BCUT2D eigenvalue weighted by molar-refractivity contribution is 5.24. The number of nitrogens with zero attached hydrogens (tertiary/aromatic N) is 2. The van der Waals surface area contributed by atoms with Crippen molar-refractivity contribution in [2.24, 2.45) is 0 Å². The van der Waals surface area contributed by atoms with Crippen LogP contribution in [0.4, 0.5) is 4.39 Å². The maximum absolute atomic E-state index is 13.5. The minimum absolute atomic E-state index is 0.140. The quantitative estimate of drug-likeness (QED) is 0.827. The molecule has 1 aromatic heterocycles. The van der Waals surface area contributed by atoms with E-state index in [4.69, 9.17) is 5.11 Å². The van der Waals surface area contributed by atoms with Crippen LogP contribution >= 0.6 is 0 Å². The van der Waals surface area contributed by atoms with Gasteiger partial charge in [0, 0.05) is 18.0 Å². The van der Waals surface area contributed by atoms with Crippen LogP contribution in [0.1, 0.15) is 11.1 Å². The van der Waals surface area contributed by atoms with Gasteiger partial charge in [-0.2, -0.15) is 5.10 Å². The van der Waals surface area contributed by atoms with Crippen molar-refractivity contribution >= 4 is 0 Å². The standard InChI is InChI=1S/C11H11FN2O/c12-11-6-9(8-15)2-3-10(11)7-14-5-1-4-13-14/h1-6,15H,7-8H2.